The minimum absolute atomic E-state index is 0.0197. The Bertz CT molecular complexity index is 1200. The third-order valence-electron chi connectivity index (χ3n) is 7.08. The smallest absolute Gasteiger partial charge is 0.241 e. The van der Waals surface area contributed by atoms with Crippen LogP contribution in [0, 0.1) is 12.3 Å². The lowest BCUT2D eigenvalue weighted by atomic mass is 9.77. The van der Waals surface area contributed by atoms with Gasteiger partial charge >= 0.3 is 0 Å². The van der Waals surface area contributed by atoms with Gasteiger partial charge in [0.25, 0.3) is 0 Å². The lowest BCUT2D eigenvalue weighted by Gasteiger charge is -2.43. The van der Waals surface area contributed by atoms with Gasteiger partial charge in [0.05, 0.1) is 13.2 Å². The molecule has 1 N–H and O–H groups in total. The molecule has 0 unspecified atom stereocenters. The summed E-state index contributed by atoms with van der Waals surface area (Å²) in [6.45, 7) is 4.27. The summed E-state index contributed by atoms with van der Waals surface area (Å²) in [6.07, 6.45) is 1.93. The van der Waals surface area contributed by atoms with Crippen LogP contribution in [0.15, 0.2) is 78.9 Å². The molecule has 1 fully saturated rings. The van der Waals surface area contributed by atoms with Crippen molar-refractivity contribution in [3.05, 3.63) is 95.0 Å². The quantitative estimate of drug-likeness (QED) is 0.358. The summed E-state index contributed by atoms with van der Waals surface area (Å²) >= 11 is 6.04. The van der Waals surface area contributed by atoms with Gasteiger partial charge in [0.2, 0.25) is 11.8 Å². The van der Waals surface area contributed by atoms with Crippen molar-refractivity contribution in [1.82, 2.24) is 9.80 Å². The summed E-state index contributed by atoms with van der Waals surface area (Å²) in [4.78, 5) is 30.3. The summed E-state index contributed by atoms with van der Waals surface area (Å²) < 4.78 is 6.19. The van der Waals surface area contributed by atoms with Crippen molar-refractivity contribution in [3.8, 4) is 5.75 Å². The molecule has 1 aliphatic heterocycles. The molecule has 38 heavy (non-hydrogen) atoms. The number of rotatable bonds is 10. The van der Waals surface area contributed by atoms with Crippen molar-refractivity contribution in [3.63, 3.8) is 0 Å². The molecule has 200 valence electrons. The third kappa shape index (κ3) is 7.75. The zero-order valence-electron chi connectivity index (χ0n) is 22.2. The van der Waals surface area contributed by atoms with Crippen LogP contribution in [0.25, 0.3) is 0 Å². The van der Waals surface area contributed by atoms with Gasteiger partial charge in [0.1, 0.15) is 5.75 Å². The van der Waals surface area contributed by atoms with Crippen LogP contribution in [0.3, 0.4) is 0 Å². The maximum absolute atomic E-state index is 13.4. The molecule has 1 aliphatic rings. The second-order valence-corrected chi connectivity index (χ2v) is 10.7. The van der Waals surface area contributed by atoms with E-state index in [1.54, 1.807) is 17.0 Å². The molecule has 0 aliphatic carbocycles. The Morgan fingerprint density at radius 2 is 1.74 bits per heavy atom. The van der Waals surface area contributed by atoms with E-state index < -0.39 is 5.41 Å². The first-order valence-electron chi connectivity index (χ1n) is 13.1. The Kier molecular flexibility index (Phi) is 9.29. The van der Waals surface area contributed by atoms with Gasteiger partial charge in [-0.2, -0.15) is 0 Å². The number of carbonyl (C=O) groups excluding carboxylic acids is 2. The molecular formula is C31H36ClN3O3. The molecular weight excluding hydrogens is 498 g/mol. The molecule has 0 saturated carbocycles. The Morgan fingerprint density at radius 3 is 2.45 bits per heavy atom. The average molecular weight is 534 g/mol. The van der Waals surface area contributed by atoms with Crippen molar-refractivity contribution in [1.29, 1.82) is 0 Å². The maximum Gasteiger partial charge on any atom is 0.241 e. The highest BCUT2D eigenvalue weighted by molar-refractivity contribution is 6.30. The lowest BCUT2D eigenvalue weighted by Crippen LogP contribution is -2.51. The fourth-order valence-corrected chi connectivity index (χ4v) is 4.99. The summed E-state index contributed by atoms with van der Waals surface area (Å²) in [7, 11) is 1.83. The van der Waals surface area contributed by atoms with Gasteiger partial charge in [-0.15, -0.1) is 0 Å². The van der Waals surface area contributed by atoms with E-state index >= 15 is 0 Å². The maximum atomic E-state index is 13.4. The van der Waals surface area contributed by atoms with E-state index in [0.717, 1.165) is 24.1 Å². The molecule has 3 aromatic carbocycles. The number of carbonyl (C=O) groups is 2. The Hall–Kier alpha value is -3.51. The minimum Gasteiger partial charge on any atom is -0.493 e. The summed E-state index contributed by atoms with van der Waals surface area (Å²) in [5.74, 6) is 0.759. The van der Waals surface area contributed by atoms with Crippen LogP contribution in [0.1, 0.15) is 30.4 Å². The van der Waals surface area contributed by atoms with E-state index in [4.69, 9.17) is 16.3 Å². The molecule has 0 spiro atoms. The van der Waals surface area contributed by atoms with Gasteiger partial charge in [0, 0.05) is 49.2 Å². The molecule has 2 amide bonds. The largest absolute Gasteiger partial charge is 0.493 e. The molecule has 1 atom stereocenters. The normalized spacial score (nSPS) is 17.1. The minimum atomic E-state index is -0.487. The number of piperidine rings is 1. The van der Waals surface area contributed by atoms with Crippen molar-refractivity contribution >= 4 is 29.1 Å². The zero-order valence-corrected chi connectivity index (χ0v) is 22.9. The first kappa shape index (κ1) is 27.5. The van der Waals surface area contributed by atoms with Gasteiger partial charge in [0.15, 0.2) is 0 Å². The monoisotopic (exact) mass is 533 g/mol. The Labute approximate surface area is 230 Å². The molecule has 7 heteroatoms. The van der Waals surface area contributed by atoms with Crippen LogP contribution in [-0.2, 0) is 16.1 Å². The molecule has 0 radical (unpaired) electrons. The summed E-state index contributed by atoms with van der Waals surface area (Å²) in [5.41, 5.74) is 2.68. The topological polar surface area (TPSA) is 61.9 Å². The van der Waals surface area contributed by atoms with Crippen LogP contribution >= 0.6 is 11.6 Å². The SMILES string of the molecule is Cc1ccc(NCC(=O)N2CCC[C@](COc3ccc(Cl)cc3)(CC(=O)N(C)Cc3ccccc3)C2)cc1. The zero-order chi connectivity index (χ0) is 27.0. The molecule has 1 saturated heterocycles. The van der Waals surface area contributed by atoms with E-state index in [0.29, 0.717) is 43.4 Å². The van der Waals surface area contributed by atoms with Crippen LogP contribution in [0.2, 0.25) is 5.02 Å². The van der Waals surface area contributed by atoms with Gasteiger partial charge < -0.3 is 19.9 Å². The summed E-state index contributed by atoms with van der Waals surface area (Å²) in [5, 5.41) is 3.87. The number of halogens is 1. The molecule has 0 aromatic heterocycles. The second kappa shape index (κ2) is 12.8. The number of nitrogens with zero attached hydrogens (tertiary/aromatic N) is 2. The van der Waals surface area contributed by atoms with Gasteiger partial charge in [-0.3, -0.25) is 9.59 Å². The fraction of sp³-hybridized carbons (Fsp3) is 0.355. The van der Waals surface area contributed by atoms with Crippen molar-refractivity contribution in [2.24, 2.45) is 5.41 Å². The number of nitrogens with one attached hydrogen (secondary N) is 1. The van der Waals surface area contributed by atoms with Crippen LogP contribution in [0.5, 0.6) is 5.75 Å². The van der Waals surface area contributed by atoms with Crippen LogP contribution in [0.4, 0.5) is 5.69 Å². The van der Waals surface area contributed by atoms with E-state index in [-0.39, 0.29) is 18.4 Å². The van der Waals surface area contributed by atoms with Gasteiger partial charge in [-0.25, -0.2) is 0 Å². The van der Waals surface area contributed by atoms with E-state index in [1.165, 1.54) is 5.56 Å². The first-order chi connectivity index (χ1) is 18.3. The fourth-order valence-electron chi connectivity index (χ4n) is 4.86. The molecule has 1 heterocycles. The number of benzene rings is 3. The van der Waals surface area contributed by atoms with Crippen molar-refractivity contribution in [2.75, 3.05) is 38.6 Å². The number of amides is 2. The summed E-state index contributed by atoms with van der Waals surface area (Å²) in [6, 6.07) is 25.2. The Balaban J connectivity index is 1.45. The van der Waals surface area contributed by atoms with E-state index in [9.17, 15) is 9.59 Å². The highest BCUT2D eigenvalue weighted by Gasteiger charge is 2.40. The number of anilines is 1. The predicted octanol–water partition coefficient (Wildman–Crippen LogP) is 5.80. The highest BCUT2D eigenvalue weighted by atomic mass is 35.5. The number of likely N-dealkylation sites (tertiary alicyclic amines) is 1. The third-order valence-corrected chi connectivity index (χ3v) is 7.33. The number of ether oxygens (including phenoxy) is 1. The van der Waals surface area contributed by atoms with Gasteiger partial charge in [-0.1, -0.05) is 59.6 Å². The Morgan fingerprint density at radius 1 is 1.03 bits per heavy atom. The van der Waals surface area contributed by atoms with E-state index in [2.05, 4.69) is 5.32 Å². The standard InChI is InChI=1S/C31H36ClN3O3/c1-24-9-13-27(14-10-24)33-20-30(37)35-18-6-17-31(22-35,23-38-28-15-11-26(32)12-16-28)19-29(36)34(2)21-25-7-4-3-5-8-25/h3-5,7-16,33H,6,17-23H2,1-2H3/t31-/m0/s1. The number of hydrogen-bond acceptors (Lipinski definition) is 4. The lowest BCUT2D eigenvalue weighted by molar-refractivity contribution is -0.140. The van der Waals surface area contributed by atoms with Crippen molar-refractivity contribution < 1.29 is 14.3 Å². The molecule has 3 aromatic rings. The first-order valence-corrected chi connectivity index (χ1v) is 13.4. The molecule has 0 bridgehead atoms. The highest BCUT2D eigenvalue weighted by Crippen LogP contribution is 2.35. The van der Waals surface area contributed by atoms with Crippen LogP contribution in [-0.4, -0.2) is 54.9 Å². The molecule has 6 nitrogen and oxygen atoms in total. The number of aryl methyl sites for hydroxylation is 1. The van der Waals surface area contributed by atoms with Crippen LogP contribution < -0.4 is 10.1 Å². The van der Waals surface area contributed by atoms with Gasteiger partial charge in [-0.05, 0) is 61.7 Å². The second-order valence-electron chi connectivity index (χ2n) is 10.3. The number of hydrogen-bond donors (Lipinski definition) is 1. The average Bonchev–Trinajstić information content (AvgIpc) is 2.93. The van der Waals surface area contributed by atoms with Crippen molar-refractivity contribution in [2.45, 2.75) is 32.7 Å². The molecule has 4 rings (SSSR count). The predicted molar refractivity (Wildman–Crippen MR) is 152 cm³/mol. The van der Waals surface area contributed by atoms with E-state index in [1.807, 2.05) is 85.6 Å².